The Labute approximate surface area is 218 Å². The SMILES string of the molecule is CCC(=O)N(C(N)=O)C1CN(c2cnc(-c3ccc(C(F)(F)F)cc3)c(-c3ccncc3CI)n2)C1. The number of imide groups is 1. The lowest BCUT2D eigenvalue weighted by molar-refractivity contribution is -0.137. The van der Waals surface area contributed by atoms with Gasteiger partial charge in [0.05, 0.1) is 29.2 Å². The van der Waals surface area contributed by atoms with E-state index >= 15 is 0 Å². The van der Waals surface area contributed by atoms with Gasteiger partial charge in [-0.05, 0) is 23.8 Å². The number of nitrogens with two attached hydrogens (primary N) is 1. The summed E-state index contributed by atoms with van der Waals surface area (Å²) in [5.74, 6) is 0.168. The first kappa shape index (κ1) is 25.8. The Bertz CT molecular complexity index is 1280. The van der Waals surface area contributed by atoms with E-state index < -0.39 is 17.8 Å². The van der Waals surface area contributed by atoms with Crippen LogP contribution in [0, 0.1) is 0 Å². The summed E-state index contributed by atoms with van der Waals surface area (Å²) in [4.78, 5) is 40.4. The van der Waals surface area contributed by atoms with Crippen LogP contribution in [-0.4, -0.2) is 50.9 Å². The van der Waals surface area contributed by atoms with Gasteiger partial charge in [-0.2, -0.15) is 13.2 Å². The van der Waals surface area contributed by atoms with Gasteiger partial charge in [0, 0.05) is 47.5 Å². The maximum absolute atomic E-state index is 13.1. The lowest BCUT2D eigenvalue weighted by Gasteiger charge is -2.44. The van der Waals surface area contributed by atoms with Gasteiger partial charge in [-0.25, -0.2) is 9.78 Å². The normalized spacial score (nSPS) is 13.9. The number of amides is 3. The fourth-order valence-corrected chi connectivity index (χ4v) is 4.60. The zero-order chi connectivity index (χ0) is 26.0. The minimum absolute atomic E-state index is 0.159. The molecule has 0 spiro atoms. The minimum atomic E-state index is -4.44. The first-order chi connectivity index (χ1) is 17.1. The van der Waals surface area contributed by atoms with Crippen LogP contribution in [0.25, 0.3) is 22.5 Å². The van der Waals surface area contributed by atoms with E-state index in [2.05, 4.69) is 32.6 Å². The predicted octanol–water partition coefficient (Wildman–Crippen LogP) is 4.67. The highest BCUT2D eigenvalue weighted by Gasteiger charge is 2.38. The maximum Gasteiger partial charge on any atom is 0.416 e. The molecular formula is C24H22F3IN6O2. The highest BCUT2D eigenvalue weighted by molar-refractivity contribution is 14.1. The first-order valence-electron chi connectivity index (χ1n) is 11.0. The molecule has 1 fully saturated rings. The molecule has 1 aliphatic heterocycles. The van der Waals surface area contributed by atoms with Crippen LogP contribution in [0.3, 0.4) is 0 Å². The van der Waals surface area contributed by atoms with E-state index in [0.29, 0.717) is 40.3 Å². The number of primary amides is 1. The van der Waals surface area contributed by atoms with Crippen molar-refractivity contribution in [3.63, 3.8) is 0 Å². The van der Waals surface area contributed by atoms with Gasteiger partial charge in [0.15, 0.2) is 0 Å². The molecular weight excluding hydrogens is 588 g/mol. The molecule has 0 unspecified atom stereocenters. The van der Waals surface area contributed by atoms with Crippen LogP contribution in [0.1, 0.15) is 24.5 Å². The zero-order valence-corrected chi connectivity index (χ0v) is 21.3. The molecule has 8 nitrogen and oxygen atoms in total. The Hall–Kier alpha value is -3.29. The van der Waals surface area contributed by atoms with Gasteiger partial charge in [0.25, 0.3) is 0 Å². The van der Waals surface area contributed by atoms with Gasteiger partial charge in [0.1, 0.15) is 5.82 Å². The van der Waals surface area contributed by atoms with Crippen molar-refractivity contribution in [2.75, 3.05) is 18.0 Å². The van der Waals surface area contributed by atoms with Gasteiger partial charge in [-0.1, -0.05) is 41.6 Å². The number of halogens is 4. The number of anilines is 1. The summed E-state index contributed by atoms with van der Waals surface area (Å²) in [6, 6.07) is 5.42. The number of nitrogens with zero attached hydrogens (tertiary/aromatic N) is 5. The third-order valence-corrected chi connectivity index (χ3v) is 6.73. The quantitative estimate of drug-likeness (QED) is 0.322. The van der Waals surface area contributed by atoms with Gasteiger partial charge >= 0.3 is 12.2 Å². The number of benzene rings is 1. The van der Waals surface area contributed by atoms with Crippen molar-refractivity contribution in [2.45, 2.75) is 30.0 Å². The van der Waals surface area contributed by atoms with E-state index in [-0.39, 0.29) is 18.4 Å². The Morgan fingerprint density at radius 2 is 1.83 bits per heavy atom. The molecule has 4 rings (SSSR count). The zero-order valence-electron chi connectivity index (χ0n) is 19.2. The molecule has 1 saturated heterocycles. The van der Waals surface area contributed by atoms with E-state index in [1.54, 1.807) is 25.4 Å². The van der Waals surface area contributed by atoms with E-state index in [1.807, 2.05) is 4.90 Å². The highest BCUT2D eigenvalue weighted by atomic mass is 127. The number of hydrogen-bond acceptors (Lipinski definition) is 6. The summed E-state index contributed by atoms with van der Waals surface area (Å²) in [5, 5.41) is 0. The molecule has 3 heterocycles. The molecule has 36 heavy (non-hydrogen) atoms. The number of hydrogen-bond donors (Lipinski definition) is 1. The van der Waals surface area contributed by atoms with Gasteiger partial charge in [-0.15, -0.1) is 0 Å². The Morgan fingerprint density at radius 3 is 2.42 bits per heavy atom. The number of pyridine rings is 1. The van der Waals surface area contributed by atoms with Crippen molar-refractivity contribution in [2.24, 2.45) is 5.73 Å². The molecule has 2 N–H and O–H groups in total. The molecule has 0 bridgehead atoms. The van der Waals surface area contributed by atoms with E-state index in [1.165, 1.54) is 18.3 Å². The molecule has 0 radical (unpaired) electrons. The number of rotatable bonds is 6. The van der Waals surface area contributed by atoms with Crippen LogP contribution in [0.15, 0.2) is 48.9 Å². The van der Waals surface area contributed by atoms with Crippen molar-refractivity contribution in [1.82, 2.24) is 19.9 Å². The average Bonchev–Trinajstić information content (AvgIpc) is 2.84. The second-order valence-corrected chi connectivity index (χ2v) is 8.94. The van der Waals surface area contributed by atoms with Crippen LogP contribution < -0.4 is 10.6 Å². The van der Waals surface area contributed by atoms with E-state index in [9.17, 15) is 22.8 Å². The van der Waals surface area contributed by atoms with Crippen LogP contribution in [0.4, 0.5) is 23.8 Å². The van der Waals surface area contributed by atoms with Gasteiger partial charge < -0.3 is 10.6 Å². The minimum Gasteiger partial charge on any atom is -0.351 e. The molecule has 2 aromatic heterocycles. The summed E-state index contributed by atoms with van der Waals surface area (Å²) in [6.45, 7) is 2.35. The molecule has 0 saturated carbocycles. The second kappa shape index (κ2) is 10.4. The number of aromatic nitrogens is 3. The average molecular weight is 610 g/mol. The third-order valence-electron chi connectivity index (χ3n) is 5.91. The largest absolute Gasteiger partial charge is 0.416 e. The van der Waals surface area contributed by atoms with Crippen LogP contribution in [0.5, 0.6) is 0 Å². The summed E-state index contributed by atoms with van der Waals surface area (Å²) >= 11 is 2.21. The fourth-order valence-electron chi connectivity index (χ4n) is 4.00. The van der Waals surface area contributed by atoms with Crippen molar-refractivity contribution < 1.29 is 22.8 Å². The highest BCUT2D eigenvalue weighted by Crippen LogP contribution is 2.36. The molecule has 188 valence electrons. The molecule has 1 aromatic carbocycles. The second-order valence-electron chi connectivity index (χ2n) is 8.18. The smallest absolute Gasteiger partial charge is 0.351 e. The fraction of sp³-hybridized carbons (Fsp3) is 0.292. The first-order valence-corrected chi connectivity index (χ1v) is 12.6. The number of urea groups is 1. The topological polar surface area (TPSA) is 105 Å². The third kappa shape index (κ3) is 5.13. The summed E-state index contributed by atoms with van der Waals surface area (Å²) in [6.07, 6.45) is 0.590. The standard InChI is InChI=1S/C24H22F3IN6O2/c1-2-20(35)34(23(29)36)17-12-33(13-17)19-11-31-21(14-3-5-16(6-4-14)24(25,26)27)22(32-19)18-7-8-30-10-15(18)9-28/h3-8,10-11,17H,2,9,12-13H2,1H3,(H2,29,36). The summed E-state index contributed by atoms with van der Waals surface area (Å²) in [5.41, 5.74) is 7.74. The Kier molecular flexibility index (Phi) is 7.43. The van der Waals surface area contributed by atoms with Crippen molar-refractivity contribution in [3.05, 3.63) is 60.0 Å². The van der Waals surface area contributed by atoms with Crippen LogP contribution in [-0.2, 0) is 15.4 Å². The molecule has 3 amide bonds. The van der Waals surface area contributed by atoms with Crippen molar-refractivity contribution in [1.29, 1.82) is 0 Å². The molecule has 12 heteroatoms. The van der Waals surface area contributed by atoms with Crippen LogP contribution in [0.2, 0.25) is 0 Å². The monoisotopic (exact) mass is 610 g/mol. The van der Waals surface area contributed by atoms with E-state index in [4.69, 9.17) is 10.7 Å². The number of alkyl halides is 4. The van der Waals surface area contributed by atoms with Crippen molar-refractivity contribution in [3.8, 4) is 22.5 Å². The maximum atomic E-state index is 13.1. The van der Waals surface area contributed by atoms with E-state index in [0.717, 1.165) is 28.2 Å². The Balaban J connectivity index is 1.71. The van der Waals surface area contributed by atoms with Crippen LogP contribution >= 0.6 is 22.6 Å². The molecule has 3 aromatic rings. The Morgan fingerprint density at radius 1 is 1.14 bits per heavy atom. The molecule has 1 aliphatic rings. The number of carbonyl (C=O) groups is 2. The summed E-state index contributed by atoms with van der Waals surface area (Å²) in [7, 11) is 0. The van der Waals surface area contributed by atoms with Gasteiger partial charge in [0.2, 0.25) is 5.91 Å². The van der Waals surface area contributed by atoms with Gasteiger partial charge in [-0.3, -0.25) is 19.7 Å². The predicted molar refractivity (Wildman–Crippen MR) is 136 cm³/mol. The lowest BCUT2D eigenvalue weighted by Crippen LogP contribution is -2.63. The summed E-state index contributed by atoms with van der Waals surface area (Å²) < 4.78 is 39.8. The lowest BCUT2D eigenvalue weighted by atomic mass is 10.0. The molecule has 0 atom stereocenters. The van der Waals surface area contributed by atoms with Crippen molar-refractivity contribution >= 4 is 40.3 Å². The number of carbonyl (C=O) groups excluding carboxylic acids is 2. The molecule has 0 aliphatic carbocycles.